The third-order valence-corrected chi connectivity index (χ3v) is 2.49. The van der Waals surface area contributed by atoms with E-state index in [1.165, 1.54) is 25.7 Å². The Balaban J connectivity index is 2.02. The van der Waals surface area contributed by atoms with Crippen LogP contribution >= 0.6 is 0 Å². The van der Waals surface area contributed by atoms with Crippen LogP contribution in [0.4, 0.5) is 0 Å². The van der Waals surface area contributed by atoms with Crippen molar-refractivity contribution >= 4 is 0 Å². The molecule has 1 aliphatic rings. The molecule has 3 nitrogen and oxygen atoms in total. The second kappa shape index (κ2) is 6.80. The average molecular weight is 197 g/mol. The third-order valence-electron chi connectivity index (χ3n) is 2.49. The Morgan fingerprint density at radius 2 is 2.07 bits per heavy atom. The summed E-state index contributed by atoms with van der Waals surface area (Å²) in [6.07, 6.45) is 5.99. The first-order valence-corrected chi connectivity index (χ1v) is 5.49. The topological polar surface area (TPSA) is 42.2 Å². The predicted molar refractivity (Wildman–Crippen MR) is 53.9 cm³/mol. The van der Waals surface area contributed by atoms with Gasteiger partial charge < -0.3 is 9.47 Å². The number of hydrogen-bond donors (Lipinski definition) is 0. The van der Waals surface area contributed by atoms with Crippen molar-refractivity contribution in [1.82, 2.24) is 0 Å². The molecule has 1 rings (SSSR count). The Labute approximate surface area is 86.0 Å². The van der Waals surface area contributed by atoms with Gasteiger partial charge >= 0.3 is 0 Å². The number of ether oxygens (including phenoxy) is 2. The molecule has 0 amide bonds. The zero-order chi connectivity index (χ0) is 10.2. The lowest BCUT2D eigenvalue weighted by Crippen LogP contribution is -2.34. The lowest BCUT2D eigenvalue weighted by molar-refractivity contribution is -0.116. The van der Waals surface area contributed by atoms with E-state index in [1.54, 1.807) is 0 Å². The van der Waals surface area contributed by atoms with Crippen molar-refractivity contribution in [3.8, 4) is 6.07 Å². The highest BCUT2D eigenvalue weighted by Gasteiger charge is 2.20. The van der Waals surface area contributed by atoms with Gasteiger partial charge in [0.05, 0.1) is 25.4 Å². The minimum atomic E-state index is -0.345. The molecule has 1 fully saturated rings. The van der Waals surface area contributed by atoms with Crippen molar-refractivity contribution in [3.05, 3.63) is 0 Å². The molecular formula is C11H19NO2. The zero-order valence-electron chi connectivity index (χ0n) is 8.87. The third kappa shape index (κ3) is 4.08. The van der Waals surface area contributed by atoms with Crippen LogP contribution in [-0.4, -0.2) is 25.4 Å². The Hall–Kier alpha value is -0.590. The molecule has 0 radical (unpaired) electrons. The summed E-state index contributed by atoms with van der Waals surface area (Å²) in [5.74, 6) is 0. The SMILES string of the molecule is CCCCCC[C@@H]1CO[C@H](C#N)CO1. The van der Waals surface area contributed by atoms with Crippen LogP contribution in [0.1, 0.15) is 39.0 Å². The summed E-state index contributed by atoms with van der Waals surface area (Å²) in [5, 5.41) is 8.57. The van der Waals surface area contributed by atoms with E-state index in [1.807, 2.05) is 0 Å². The van der Waals surface area contributed by atoms with E-state index in [4.69, 9.17) is 14.7 Å². The molecule has 2 atom stereocenters. The van der Waals surface area contributed by atoms with Crippen molar-refractivity contribution in [1.29, 1.82) is 5.26 Å². The molecule has 1 aliphatic heterocycles. The maximum atomic E-state index is 8.57. The van der Waals surface area contributed by atoms with E-state index in [0.29, 0.717) is 13.2 Å². The highest BCUT2D eigenvalue weighted by molar-refractivity contribution is 4.86. The first-order chi connectivity index (χ1) is 6.86. The molecule has 0 aromatic rings. The minimum Gasteiger partial charge on any atom is -0.372 e. The van der Waals surface area contributed by atoms with Crippen LogP contribution in [0.2, 0.25) is 0 Å². The Morgan fingerprint density at radius 1 is 1.21 bits per heavy atom. The lowest BCUT2D eigenvalue weighted by atomic mass is 10.1. The summed E-state index contributed by atoms with van der Waals surface area (Å²) in [4.78, 5) is 0. The van der Waals surface area contributed by atoms with Crippen LogP contribution in [0, 0.1) is 11.3 Å². The van der Waals surface area contributed by atoms with Crippen LogP contribution in [0.25, 0.3) is 0 Å². The van der Waals surface area contributed by atoms with Crippen molar-refractivity contribution < 1.29 is 9.47 Å². The number of rotatable bonds is 5. The van der Waals surface area contributed by atoms with Crippen molar-refractivity contribution in [2.45, 2.75) is 51.2 Å². The first kappa shape index (κ1) is 11.5. The number of nitrogens with zero attached hydrogens (tertiary/aromatic N) is 1. The molecule has 1 heterocycles. The summed E-state index contributed by atoms with van der Waals surface area (Å²) >= 11 is 0. The van der Waals surface area contributed by atoms with Crippen LogP contribution in [0.3, 0.4) is 0 Å². The fraction of sp³-hybridized carbons (Fsp3) is 0.909. The molecule has 1 saturated heterocycles. The summed E-state index contributed by atoms with van der Waals surface area (Å²) < 4.78 is 10.8. The summed E-state index contributed by atoms with van der Waals surface area (Å²) in [5.41, 5.74) is 0. The molecule has 80 valence electrons. The van der Waals surface area contributed by atoms with Crippen molar-refractivity contribution in [2.75, 3.05) is 13.2 Å². The average Bonchev–Trinajstić information content (AvgIpc) is 2.25. The molecule has 0 aromatic heterocycles. The first-order valence-electron chi connectivity index (χ1n) is 5.49. The molecule has 0 N–H and O–H groups in total. The van der Waals surface area contributed by atoms with E-state index >= 15 is 0 Å². The fourth-order valence-electron chi connectivity index (χ4n) is 1.58. The monoisotopic (exact) mass is 197 g/mol. The van der Waals surface area contributed by atoms with E-state index in [-0.39, 0.29) is 12.2 Å². The highest BCUT2D eigenvalue weighted by atomic mass is 16.6. The standard InChI is InChI=1S/C11H19NO2/c1-2-3-4-5-6-10-8-14-11(7-12)9-13-10/h10-11H,2-6,8-9H2,1H3/t10-,11-/m1/s1. The van der Waals surface area contributed by atoms with Gasteiger partial charge in [0.2, 0.25) is 0 Å². The van der Waals surface area contributed by atoms with Gasteiger partial charge in [0.25, 0.3) is 0 Å². The molecular weight excluding hydrogens is 178 g/mol. The maximum Gasteiger partial charge on any atom is 0.167 e. The van der Waals surface area contributed by atoms with E-state index < -0.39 is 0 Å². The van der Waals surface area contributed by atoms with E-state index in [0.717, 1.165) is 6.42 Å². The molecule has 0 aromatic carbocycles. The van der Waals surface area contributed by atoms with Gasteiger partial charge in [-0.25, -0.2) is 0 Å². The minimum absolute atomic E-state index is 0.219. The van der Waals surface area contributed by atoms with Gasteiger partial charge in [0, 0.05) is 0 Å². The van der Waals surface area contributed by atoms with Crippen LogP contribution in [-0.2, 0) is 9.47 Å². The second-order valence-electron chi connectivity index (χ2n) is 3.76. The number of hydrogen-bond acceptors (Lipinski definition) is 3. The van der Waals surface area contributed by atoms with Gasteiger partial charge in [0.15, 0.2) is 6.10 Å². The van der Waals surface area contributed by atoms with E-state index in [2.05, 4.69) is 13.0 Å². The second-order valence-corrected chi connectivity index (χ2v) is 3.76. The molecule has 14 heavy (non-hydrogen) atoms. The summed E-state index contributed by atoms with van der Waals surface area (Å²) in [7, 11) is 0. The van der Waals surface area contributed by atoms with Crippen LogP contribution in [0.5, 0.6) is 0 Å². The van der Waals surface area contributed by atoms with Crippen LogP contribution < -0.4 is 0 Å². The Bertz CT molecular complexity index is 180. The molecule has 0 bridgehead atoms. The van der Waals surface area contributed by atoms with Gasteiger partial charge in [-0.05, 0) is 6.42 Å². The van der Waals surface area contributed by atoms with Gasteiger partial charge in [-0.15, -0.1) is 0 Å². The number of nitriles is 1. The van der Waals surface area contributed by atoms with Crippen LogP contribution in [0.15, 0.2) is 0 Å². The lowest BCUT2D eigenvalue weighted by Gasteiger charge is -2.25. The Morgan fingerprint density at radius 3 is 2.64 bits per heavy atom. The zero-order valence-corrected chi connectivity index (χ0v) is 8.87. The van der Waals surface area contributed by atoms with Gasteiger partial charge in [-0.3, -0.25) is 0 Å². The summed E-state index contributed by atoms with van der Waals surface area (Å²) in [6.45, 7) is 3.23. The van der Waals surface area contributed by atoms with E-state index in [9.17, 15) is 0 Å². The maximum absolute atomic E-state index is 8.57. The number of unbranched alkanes of at least 4 members (excludes halogenated alkanes) is 3. The molecule has 0 saturated carbocycles. The summed E-state index contributed by atoms with van der Waals surface area (Å²) in [6, 6.07) is 2.05. The molecule has 0 unspecified atom stereocenters. The van der Waals surface area contributed by atoms with Gasteiger partial charge in [-0.2, -0.15) is 5.26 Å². The predicted octanol–water partition coefficient (Wildman–Crippen LogP) is 2.26. The molecule has 3 heteroatoms. The quantitative estimate of drug-likeness (QED) is 0.635. The van der Waals surface area contributed by atoms with Gasteiger partial charge in [-0.1, -0.05) is 32.6 Å². The molecule has 0 spiro atoms. The highest BCUT2D eigenvalue weighted by Crippen LogP contribution is 2.13. The Kier molecular flexibility index (Phi) is 5.58. The van der Waals surface area contributed by atoms with Crippen molar-refractivity contribution in [2.24, 2.45) is 0 Å². The molecule has 0 aliphatic carbocycles. The largest absolute Gasteiger partial charge is 0.372 e. The van der Waals surface area contributed by atoms with Gasteiger partial charge in [0.1, 0.15) is 0 Å². The van der Waals surface area contributed by atoms with Crippen molar-refractivity contribution in [3.63, 3.8) is 0 Å². The fourth-order valence-corrected chi connectivity index (χ4v) is 1.58. The normalized spacial score (nSPS) is 27.1. The smallest absolute Gasteiger partial charge is 0.167 e.